The summed E-state index contributed by atoms with van der Waals surface area (Å²) in [5, 5.41) is 2.14. The van der Waals surface area contributed by atoms with Gasteiger partial charge in [-0.15, -0.1) is 0 Å². The average molecular weight is 711 g/mol. The number of allylic oxidation sites excluding steroid dienone is 2. The molecule has 10 heteroatoms. The molecule has 4 aromatic carbocycles. The molecule has 0 atom stereocenters. The molecule has 0 aliphatic rings. The number of esters is 2. The molecule has 0 aliphatic carbocycles. The van der Waals surface area contributed by atoms with Crippen molar-refractivity contribution in [1.82, 2.24) is 9.97 Å². The van der Waals surface area contributed by atoms with E-state index in [4.69, 9.17) is 18.9 Å². The van der Waals surface area contributed by atoms with E-state index in [1.807, 2.05) is 60.9 Å². The van der Waals surface area contributed by atoms with Crippen molar-refractivity contribution in [2.45, 2.75) is 32.1 Å². The Hall–Kier alpha value is -6.68. The van der Waals surface area contributed by atoms with Crippen molar-refractivity contribution in [3.63, 3.8) is 0 Å². The molecule has 268 valence electrons. The van der Waals surface area contributed by atoms with Crippen molar-refractivity contribution in [3.8, 4) is 23.0 Å². The van der Waals surface area contributed by atoms with Gasteiger partial charge >= 0.3 is 11.9 Å². The summed E-state index contributed by atoms with van der Waals surface area (Å²) in [5.74, 6) is -0.373. The lowest BCUT2D eigenvalue weighted by molar-refractivity contribution is -0.135. The van der Waals surface area contributed by atoms with Gasteiger partial charge in [-0.3, -0.25) is 19.2 Å². The van der Waals surface area contributed by atoms with E-state index >= 15 is 0 Å². The Bertz CT molecular complexity index is 2180. The Morgan fingerprint density at radius 1 is 0.566 bits per heavy atom. The Kier molecular flexibility index (Phi) is 11.6. The van der Waals surface area contributed by atoms with Crippen LogP contribution >= 0.6 is 0 Å². The highest BCUT2D eigenvalue weighted by atomic mass is 16.6. The number of H-pyrrole nitrogens is 2. The average Bonchev–Trinajstić information content (AvgIpc) is 3.79. The van der Waals surface area contributed by atoms with E-state index < -0.39 is 11.9 Å². The fourth-order valence-corrected chi connectivity index (χ4v) is 5.91. The number of methoxy groups -OCH3 is 2. The number of aromatic nitrogens is 2. The van der Waals surface area contributed by atoms with Crippen LogP contribution in [0.2, 0.25) is 0 Å². The molecule has 0 aliphatic heterocycles. The van der Waals surface area contributed by atoms with Crippen LogP contribution in [0.1, 0.15) is 41.5 Å². The van der Waals surface area contributed by atoms with Gasteiger partial charge in [-0.25, -0.2) is 0 Å². The number of ketones is 2. The maximum atomic E-state index is 12.6. The minimum absolute atomic E-state index is 0.186. The summed E-state index contributed by atoms with van der Waals surface area (Å²) >= 11 is 0. The van der Waals surface area contributed by atoms with Crippen molar-refractivity contribution >= 4 is 57.5 Å². The molecule has 2 heterocycles. The standard InChI is InChI=1S/C43H38N2O8/c1-50-40-23-28(13-19-38(40)52-42(48)21-15-30-26-44-36-9-5-3-7-34(30)36)11-17-32(46)25-33(47)18-12-29-14-20-39(41(24-29)51-2)53-43(49)22-16-31-27-45-37-10-6-4-8-35(31)37/h3-14,17-20,23-24,26-27,44-45H,15-16,21-22,25H2,1-2H3/b17-11+,18-12+. The van der Waals surface area contributed by atoms with Gasteiger partial charge in [0.1, 0.15) is 0 Å². The molecule has 2 aromatic heterocycles. The van der Waals surface area contributed by atoms with E-state index in [-0.39, 0.29) is 42.3 Å². The number of aryl methyl sites for hydroxylation is 2. The third-order valence-electron chi connectivity index (χ3n) is 8.64. The molecule has 10 nitrogen and oxygen atoms in total. The van der Waals surface area contributed by atoms with Crippen LogP contribution in [-0.4, -0.2) is 47.7 Å². The number of aromatic amines is 2. The van der Waals surface area contributed by atoms with Gasteiger partial charge in [0.2, 0.25) is 0 Å². The van der Waals surface area contributed by atoms with E-state index in [1.54, 1.807) is 48.6 Å². The number of nitrogens with one attached hydrogen (secondary N) is 2. The van der Waals surface area contributed by atoms with Gasteiger partial charge in [0.15, 0.2) is 34.6 Å². The van der Waals surface area contributed by atoms with Crippen molar-refractivity contribution in [2.75, 3.05) is 14.2 Å². The van der Waals surface area contributed by atoms with Crippen LogP contribution in [0.4, 0.5) is 0 Å². The monoisotopic (exact) mass is 710 g/mol. The first-order valence-electron chi connectivity index (χ1n) is 17.1. The lowest BCUT2D eigenvalue weighted by Gasteiger charge is -2.10. The van der Waals surface area contributed by atoms with Gasteiger partial charge in [-0.05, 0) is 83.6 Å². The van der Waals surface area contributed by atoms with Gasteiger partial charge in [-0.1, -0.05) is 60.7 Å². The second-order valence-corrected chi connectivity index (χ2v) is 12.3. The van der Waals surface area contributed by atoms with E-state index in [2.05, 4.69) is 9.97 Å². The first-order chi connectivity index (χ1) is 25.8. The highest BCUT2D eigenvalue weighted by molar-refractivity contribution is 6.11. The number of para-hydroxylation sites is 2. The summed E-state index contributed by atoms with van der Waals surface area (Å²) in [4.78, 5) is 56.8. The molecule has 0 saturated carbocycles. The zero-order chi connectivity index (χ0) is 37.2. The van der Waals surface area contributed by atoms with Crippen LogP contribution in [-0.2, 0) is 32.0 Å². The maximum absolute atomic E-state index is 12.6. The molecule has 6 aromatic rings. The normalized spacial score (nSPS) is 11.4. The smallest absolute Gasteiger partial charge is 0.311 e. The van der Waals surface area contributed by atoms with Crippen LogP contribution in [0.5, 0.6) is 23.0 Å². The summed E-state index contributed by atoms with van der Waals surface area (Å²) in [7, 11) is 2.93. The lowest BCUT2D eigenvalue weighted by Crippen LogP contribution is -2.09. The summed E-state index contributed by atoms with van der Waals surface area (Å²) in [6.45, 7) is 0. The van der Waals surface area contributed by atoms with Crippen molar-refractivity contribution in [1.29, 1.82) is 0 Å². The molecule has 6 rings (SSSR count). The number of carbonyl (C=O) groups is 4. The number of fused-ring (bicyclic) bond motifs is 2. The van der Waals surface area contributed by atoms with E-state index in [9.17, 15) is 19.2 Å². The van der Waals surface area contributed by atoms with Crippen LogP contribution in [0.3, 0.4) is 0 Å². The third-order valence-corrected chi connectivity index (χ3v) is 8.64. The van der Waals surface area contributed by atoms with Crippen LogP contribution in [0.25, 0.3) is 34.0 Å². The highest BCUT2D eigenvalue weighted by Crippen LogP contribution is 2.31. The predicted molar refractivity (Wildman–Crippen MR) is 203 cm³/mol. The molecule has 53 heavy (non-hydrogen) atoms. The molecule has 0 spiro atoms. The van der Waals surface area contributed by atoms with Gasteiger partial charge < -0.3 is 28.9 Å². The molecular weight excluding hydrogens is 672 g/mol. The minimum atomic E-state index is -0.399. The number of hydrogen-bond donors (Lipinski definition) is 2. The van der Waals surface area contributed by atoms with Crippen LogP contribution in [0.15, 0.2) is 109 Å². The van der Waals surface area contributed by atoms with Crippen LogP contribution < -0.4 is 18.9 Å². The fraction of sp³-hybridized carbons (Fsp3) is 0.163. The maximum Gasteiger partial charge on any atom is 0.311 e. The molecule has 2 N–H and O–H groups in total. The molecular formula is C43H38N2O8. The van der Waals surface area contributed by atoms with Crippen LogP contribution in [0, 0.1) is 0 Å². The number of rotatable bonds is 16. The van der Waals surface area contributed by atoms with E-state index in [1.165, 1.54) is 26.4 Å². The number of ether oxygens (including phenoxy) is 4. The Balaban J connectivity index is 0.971. The zero-order valence-electron chi connectivity index (χ0n) is 29.3. The molecule has 0 saturated heterocycles. The van der Waals surface area contributed by atoms with Gasteiger partial charge in [0.05, 0.1) is 33.5 Å². The van der Waals surface area contributed by atoms with Gasteiger partial charge in [0, 0.05) is 34.2 Å². The molecule has 0 bridgehead atoms. The lowest BCUT2D eigenvalue weighted by atomic mass is 10.1. The predicted octanol–water partition coefficient (Wildman–Crippen LogP) is 8.00. The van der Waals surface area contributed by atoms with Crippen molar-refractivity contribution < 1.29 is 38.1 Å². The van der Waals surface area contributed by atoms with E-state index in [0.29, 0.717) is 35.5 Å². The molecule has 0 fully saturated rings. The summed E-state index contributed by atoms with van der Waals surface area (Å²) in [6, 6.07) is 25.7. The molecule has 0 radical (unpaired) electrons. The number of carbonyl (C=O) groups excluding carboxylic acids is 4. The van der Waals surface area contributed by atoms with Crippen molar-refractivity contribution in [2.24, 2.45) is 0 Å². The fourth-order valence-electron chi connectivity index (χ4n) is 5.91. The summed E-state index contributed by atoms with van der Waals surface area (Å²) in [5.41, 5.74) is 5.35. The minimum Gasteiger partial charge on any atom is -0.493 e. The third kappa shape index (κ3) is 9.36. The number of hydrogen-bond acceptors (Lipinski definition) is 8. The topological polar surface area (TPSA) is 137 Å². The Labute approximate surface area is 306 Å². The number of benzene rings is 4. The Morgan fingerprint density at radius 3 is 1.43 bits per heavy atom. The second kappa shape index (κ2) is 17.0. The van der Waals surface area contributed by atoms with Gasteiger partial charge in [0.25, 0.3) is 0 Å². The zero-order valence-corrected chi connectivity index (χ0v) is 29.3. The molecule has 0 unspecified atom stereocenters. The Morgan fingerprint density at radius 2 is 1.00 bits per heavy atom. The summed E-state index contributed by atoms with van der Waals surface area (Å²) in [6.07, 6.45) is 10.6. The van der Waals surface area contributed by atoms with E-state index in [0.717, 1.165) is 32.9 Å². The SMILES string of the molecule is COc1cc(/C=C/C(=O)CC(=O)/C=C/c2ccc(OC(=O)CCc3c[nH]c4ccccc34)c(OC)c2)ccc1OC(=O)CCc1c[nH]c2ccccc12. The first-order valence-corrected chi connectivity index (χ1v) is 17.1. The summed E-state index contributed by atoms with van der Waals surface area (Å²) < 4.78 is 22.0. The highest BCUT2D eigenvalue weighted by Gasteiger charge is 2.14. The first kappa shape index (κ1) is 36.1. The largest absolute Gasteiger partial charge is 0.493 e. The molecule has 0 amide bonds. The second-order valence-electron chi connectivity index (χ2n) is 12.3. The van der Waals surface area contributed by atoms with Crippen molar-refractivity contribution in [3.05, 3.63) is 132 Å². The van der Waals surface area contributed by atoms with Gasteiger partial charge in [-0.2, -0.15) is 0 Å². The quantitative estimate of drug-likeness (QED) is 0.0446.